The lowest BCUT2D eigenvalue weighted by molar-refractivity contribution is -0.131. The molecule has 0 saturated heterocycles. The van der Waals surface area contributed by atoms with E-state index in [-0.39, 0.29) is 18.4 Å². The molecule has 6 heteroatoms. The van der Waals surface area contributed by atoms with Gasteiger partial charge in [0.2, 0.25) is 5.91 Å². The highest BCUT2D eigenvalue weighted by atomic mass is 32.1. The normalized spacial score (nSPS) is 10.4. The van der Waals surface area contributed by atoms with Gasteiger partial charge in [0.25, 0.3) is 5.91 Å². The van der Waals surface area contributed by atoms with Gasteiger partial charge in [-0.25, -0.2) is 0 Å². The van der Waals surface area contributed by atoms with Gasteiger partial charge in [-0.2, -0.15) is 0 Å². The molecule has 5 nitrogen and oxygen atoms in total. The van der Waals surface area contributed by atoms with Crippen LogP contribution in [0.2, 0.25) is 0 Å². The Bertz CT molecular complexity index is 644. The molecule has 2 N–H and O–H groups in total. The zero-order valence-corrected chi connectivity index (χ0v) is 14.7. The fourth-order valence-electron chi connectivity index (χ4n) is 2.39. The van der Waals surface area contributed by atoms with Crippen LogP contribution in [0.3, 0.4) is 0 Å². The minimum Gasteiger partial charge on any atom is -0.340 e. The number of carbonyl (C=O) groups excluding carboxylic acids is 2. The maximum Gasteiger partial charge on any atom is 0.264 e. The summed E-state index contributed by atoms with van der Waals surface area (Å²) in [5, 5.41) is 1.85. The third-order valence-corrected chi connectivity index (χ3v) is 4.57. The highest BCUT2D eigenvalue weighted by Gasteiger charge is 2.19. The standard InChI is InChI=1S/C18H23N3O2S/c1-20(18(23)16-8-5-13-24-16)14-17(22)21(12-10-19)11-9-15-6-3-2-4-7-15/h2-8,13H,9-12,14,19H2,1H3. The molecule has 1 heterocycles. The number of nitrogens with two attached hydrogens (primary N) is 1. The van der Waals surface area contributed by atoms with E-state index in [1.165, 1.54) is 21.8 Å². The van der Waals surface area contributed by atoms with Crippen molar-refractivity contribution in [2.45, 2.75) is 6.42 Å². The molecule has 24 heavy (non-hydrogen) atoms. The van der Waals surface area contributed by atoms with E-state index in [2.05, 4.69) is 0 Å². The molecule has 0 aliphatic carbocycles. The van der Waals surface area contributed by atoms with Gasteiger partial charge in [-0.3, -0.25) is 9.59 Å². The van der Waals surface area contributed by atoms with E-state index in [9.17, 15) is 9.59 Å². The molecule has 0 bridgehead atoms. The van der Waals surface area contributed by atoms with Crippen LogP contribution in [0.25, 0.3) is 0 Å². The van der Waals surface area contributed by atoms with Crippen LogP contribution in [0.5, 0.6) is 0 Å². The molecule has 0 unspecified atom stereocenters. The van der Waals surface area contributed by atoms with Crippen molar-refractivity contribution in [1.82, 2.24) is 9.80 Å². The van der Waals surface area contributed by atoms with Gasteiger partial charge < -0.3 is 15.5 Å². The summed E-state index contributed by atoms with van der Waals surface area (Å²) < 4.78 is 0. The second-order valence-corrected chi connectivity index (χ2v) is 6.49. The van der Waals surface area contributed by atoms with Crippen LogP contribution in [0.4, 0.5) is 0 Å². The van der Waals surface area contributed by atoms with E-state index in [0.29, 0.717) is 24.5 Å². The third-order valence-electron chi connectivity index (χ3n) is 3.72. The first-order valence-corrected chi connectivity index (χ1v) is 8.80. The lowest BCUT2D eigenvalue weighted by atomic mass is 10.1. The number of hydrogen-bond acceptors (Lipinski definition) is 4. The van der Waals surface area contributed by atoms with Crippen LogP contribution < -0.4 is 5.73 Å². The van der Waals surface area contributed by atoms with Gasteiger partial charge in [-0.15, -0.1) is 11.3 Å². The summed E-state index contributed by atoms with van der Waals surface area (Å²) in [6.45, 7) is 1.56. The molecule has 1 aromatic heterocycles. The molecule has 2 aromatic rings. The number of likely N-dealkylation sites (N-methyl/N-ethyl adjacent to an activating group) is 1. The second kappa shape index (κ2) is 9.20. The topological polar surface area (TPSA) is 66.6 Å². The summed E-state index contributed by atoms with van der Waals surface area (Å²) in [7, 11) is 1.65. The van der Waals surface area contributed by atoms with Gasteiger partial charge in [0.1, 0.15) is 0 Å². The molecule has 128 valence electrons. The van der Waals surface area contributed by atoms with E-state index in [4.69, 9.17) is 5.73 Å². The molecular formula is C18H23N3O2S. The summed E-state index contributed by atoms with van der Waals surface area (Å²) in [6.07, 6.45) is 0.773. The Labute approximate surface area is 146 Å². The Balaban J connectivity index is 1.91. The van der Waals surface area contributed by atoms with Crippen LogP contribution in [-0.2, 0) is 11.2 Å². The highest BCUT2D eigenvalue weighted by molar-refractivity contribution is 7.12. The lowest BCUT2D eigenvalue weighted by Crippen LogP contribution is -2.43. The number of nitrogens with zero attached hydrogens (tertiary/aromatic N) is 2. The third kappa shape index (κ3) is 5.18. The lowest BCUT2D eigenvalue weighted by Gasteiger charge is -2.25. The molecule has 0 aliphatic heterocycles. The zero-order valence-electron chi connectivity index (χ0n) is 13.9. The number of thiophene rings is 1. The van der Waals surface area contributed by atoms with Crippen molar-refractivity contribution < 1.29 is 9.59 Å². The van der Waals surface area contributed by atoms with Crippen molar-refractivity contribution in [3.05, 3.63) is 58.3 Å². The predicted octanol–water partition coefficient (Wildman–Crippen LogP) is 1.85. The molecule has 1 aromatic carbocycles. The molecule has 0 fully saturated rings. The fourth-order valence-corrected chi connectivity index (χ4v) is 3.11. The van der Waals surface area contributed by atoms with Crippen molar-refractivity contribution in [1.29, 1.82) is 0 Å². The minimum atomic E-state index is -0.130. The first kappa shape index (κ1) is 18.2. The monoisotopic (exact) mass is 345 g/mol. The Morgan fingerprint density at radius 3 is 2.46 bits per heavy atom. The highest BCUT2D eigenvalue weighted by Crippen LogP contribution is 2.11. The minimum absolute atomic E-state index is 0.0610. The largest absolute Gasteiger partial charge is 0.340 e. The van der Waals surface area contributed by atoms with Gasteiger partial charge >= 0.3 is 0 Å². The molecule has 0 aliphatic rings. The van der Waals surface area contributed by atoms with Gasteiger partial charge in [0.05, 0.1) is 11.4 Å². The van der Waals surface area contributed by atoms with Crippen molar-refractivity contribution >= 4 is 23.2 Å². The Kier molecular flexibility index (Phi) is 6.96. The number of amides is 2. The average molecular weight is 345 g/mol. The molecular weight excluding hydrogens is 322 g/mol. The van der Waals surface area contributed by atoms with Crippen molar-refractivity contribution in [2.75, 3.05) is 33.2 Å². The maximum absolute atomic E-state index is 12.5. The summed E-state index contributed by atoms with van der Waals surface area (Å²) in [5.41, 5.74) is 6.81. The number of benzene rings is 1. The smallest absolute Gasteiger partial charge is 0.264 e. The Morgan fingerprint density at radius 1 is 1.08 bits per heavy atom. The van der Waals surface area contributed by atoms with Gasteiger partial charge in [-0.1, -0.05) is 36.4 Å². The SMILES string of the molecule is CN(CC(=O)N(CCN)CCc1ccccc1)C(=O)c1cccs1. The number of rotatable bonds is 8. The van der Waals surface area contributed by atoms with E-state index < -0.39 is 0 Å². The van der Waals surface area contributed by atoms with Crippen molar-refractivity contribution in [3.63, 3.8) is 0 Å². The van der Waals surface area contributed by atoms with Gasteiger partial charge in [0.15, 0.2) is 0 Å². The fraction of sp³-hybridized carbons (Fsp3) is 0.333. The first-order chi connectivity index (χ1) is 11.6. The van der Waals surface area contributed by atoms with E-state index in [1.54, 1.807) is 18.0 Å². The molecule has 2 rings (SSSR count). The van der Waals surface area contributed by atoms with Crippen LogP contribution in [0.15, 0.2) is 47.8 Å². The Morgan fingerprint density at radius 2 is 1.83 bits per heavy atom. The predicted molar refractivity (Wildman–Crippen MR) is 97.1 cm³/mol. The summed E-state index contributed by atoms with van der Waals surface area (Å²) in [4.78, 5) is 28.6. The van der Waals surface area contributed by atoms with Crippen molar-refractivity contribution in [3.8, 4) is 0 Å². The maximum atomic E-state index is 12.5. The van der Waals surface area contributed by atoms with Crippen LogP contribution in [0.1, 0.15) is 15.2 Å². The van der Waals surface area contributed by atoms with E-state index in [1.807, 2.05) is 41.8 Å². The van der Waals surface area contributed by atoms with E-state index in [0.717, 1.165) is 6.42 Å². The summed E-state index contributed by atoms with van der Waals surface area (Å²) >= 11 is 1.38. The molecule has 2 amide bonds. The summed E-state index contributed by atoms with van der Waals surface area (Å²) in [5.74, 6) is -0.210. The van der Waals surface area contributed by atoms with E-state index >= 15 is 0 Å². The zero-order chi connectivity index (χ0) is 17.4. The van der Waals surface area contributed by atoms with Crippen molar-refractivity contribution in [2.24, 2.45) is 5.73 Å². The number of hydrogen-bond donors (Lipinski definition) is 1. The molecule has 0 spiro atoms. The summed E-state index contributed by atoms with van der Waals surface area (Å²) in [6, 6.07) is 13.6. The first-order valence-electron chi connectivity index (χ1n) is 7.92. The molecule has 0 atom stereocenters. The number of carbonyl (C=O) groups is 2. The van der Waals surface area contributed by atoms with Crippen LogP contribution in [0, 0.1) is 0 Å². The Hall–Kier alpha value is -2.18. The van der Waals surface area contributed by atoms with Gasteiger partial charge in [0, 0.05) is 26.7 Å². The average Bonchev–Trinajstić information content (AvgIpc) is 3.13. The van der Waals surface area contributed by atoms with Crippen LogP contribution >= 0.6 is 11.3 Å². The quantitative estimate of drug-likeness (QED) is 0.794. The second-order valence-electron chi connectivity index (χ2n) is 5.54. The van der Waals surface area contributed by atoms with Crippen LogP contribution in [-0.4, -0.2) is 54.8 Å². The molecule has 0 saturated carbocycles. The molecule has 0 radical (unpaired) electrons. The van der Waals surface area contributed by atoms with Gasteiger partial charge in [-0.05, 0) is 23.4 Å².